The Morgan fingerprint density at radius 1 is 1.21 bits per heavy atom. The third-order valence-electron chi connectivity index (χ3n) is 2.23. The van der Waals surface area contributed by atoms with Gasteiger partial charge in [-0.3, -0.25) is 5.32 Å². The molecule has 0 aliphatic carbocycles. The first-order valence-electron chi connectivity index (χ1n) is 5.73. The maximum Gasteiger partial charge on any atom is 0.326 e. The Hall–Kier alpha value is -1.95. The molecule has 1 aromatic heterocycles. The van der Waals surface area contributed by atoms with Gasteiger partial charge in [0.25, 0.3) is 0 Å². The first kappa shape index (κ1) is 13.5. The van der Waals surface area contributed by atoms with Crippen molar-refractivity contribution in [1.29, 1.82) is 0 Å². The standard InChI is InChI=1S/C13H13BrN2O3/c1-2-18-10-5-3-9(4-6-10)15-13(17)16-12-8-7-11(14)19-12/h3-8H,2H2,1H3,(H2,15,16,17). The summed E-state index contributed by atoms with van der Waals surface area (Å²) in [7, 11) is 0. The molecule has 2 N–H and O–H groups in total. The second kappa shape index (κ2) is 6.29. The summed E-state index contributed by atoms with van der Waals surface area (Å²) in [6.07, 6.45) is 0. The number of hydrogen-bond acceptors (Lipinski definition) is 3. The summed E-state index contributed by atoms with van der Waals surface area (Å²) >= 11 is 3.16. The molecule has 0 aliphatic rings. The van der Waals surface area contributed by atoms with Gasteiger partial charge in [-0.15, -0.1) is 0 Å². The average Bonchev–Trinajstić information content (AvgIpc) is 2.77. The molecule has 1 heterocycles. The number of hydrogen-bond donors (Lipinski definition) is 2. The molecule has 0 radical (unpaired) electrons. The largest absolute Gasteiger partial charge is 0.494 e. The minimum Gasteiger partial charge on any atom is -0.494 e. The van der Waals surface area contributed by atoms with Gasteiger partial charge in [0, 0.05) is 11.8 Å². The van der Waals surface area contributed by atoms with Gasteiger partial charge in [-0.2, -0.15) is 0 Å². The van der Waals surface area contributed by atoms with E-state index in [0.717, 1.165) is 5.75 Å². The summed E-state index contributed by atoms with van der Waals surface area (Å²) in [4.78, 5) is 11.7. The molecule has 100 valence electrons. The minimum atomic E-state index is -0.369. The lowest BCUT2D eigenvalue weighted by molar-refractivity contribution is 0.261. The molecule has 19 heavy (non-hydrogen) atoms. The van der Waals surface area contributed by atoms with Gasteiger partial charge in [-0.1, -0.05) is 0 Å². The van der Waals surface area contributed by atoms with Crippen molar-refractivity contribution in [3.8, 4) is 5.75 Å². The van der Waals surface area contributed by atoms with Gasteiger partial charge in [0.05, 0.1) is 6.61 Å². The zero-order valence-electron chi connectivity index (χ0n) is 10.3. The van der Waals surface area contributed by atoms with Crippen LogP contribution in [-0.2, 0) is 0 Å². The molecule has 0 unspecified atom stereocenters. The zero-order valence-corrected chi connectivity index (χ0v) is 11.9. The highest BCUT2D eigenvalue weighted by molar-refractivity contribution is 9.10. The first-order chi connectivity index (χ1) is 9.17. The molecular formula is C13H13BrN2O3. The smallest absolute Gasteiger partial charge is 0.326 e. The van der Waals surface area contributed by atoms with Gasteiger partial charge >= 0.3 is 6.03 Å². The Kier molecular flexibility index (Phi) is 4.46. The monoisotopic (exact) mass is 324 g/mol. The number of ether oxygens (including phenoxy) is 1. The maximum absolute atomic E-state index is 11.7. The fourth-order valence-electron chi connectivity index (χ4n) is 1.46. The van der Waals surface area contributed by atoms with E-state index in [9.17, 15) is 4.79 Å². The lowest BCUT2D eigenvalue weighted by atomic mass is 10.3. The van der Waals surface area contributed by atoms with Gasteiger partial charge in [0.2, 0.25) is 5.88 Å². The van der Waals surface area contributed by atoms with Crippen LogP contribution in [-0.4, -0.2) is 12.6 Å². The Morgan fingerprint density at radius 2 is 1.95 bits per heavy atom. The van der Waals surface area contributed by atoms with Crippen molar-refractivity contribution in [3.63, 3.8) is 0 Å². The van der Waals surface area contributed by atoms with E-state index in [-0.39, 0.29) is 6.03 Å². The van der Waals surface area contributed by atoms with Crippen LogP contribution >= 0.6 is 15.9 Å². The predicted molar refractivity (Wildman–Crippen MR) is 76.7 cm³/mol. The molecule has 2 amide bonds. The first-order valence-corrected chi connectivity index (χ1v) is 6.53. The zero-order chi connectivity index (χ0) is 13.7. The number of rotatable bonds is 4. The number of furan rings is 1. The molecule has 0 aliphatic heterocycles. The normalized spacial score (nSPS) is 10.0. The molecule has 2 aromatic rings. The maximum atomic E-state index is 11.7. The third kappa shape index (κ3) is 4.03. The summed E-state index contributed by atoms with van der Waals surface area (Å²) in [5.41, 5.74) is 0.673. The van der Waals surface area contributed by atoms with Gasteiger partial charge in [-0.25, -0.2) is 4.79 Å². The molecule has 2 rings (SSSR count). The van der Waals surface area contributed by atoms with E-state index >= 15 is 0 Å². The van der Waals surface area contributed by atoms with Crippen LogP contribution < -0.4 is 15.4 Å². The second-order valence-electron chi connectivity index (χ2n) is 3.64. The number of amides is 2. The molecule has 5 nitrogen and oxygen atoms in total. The van der Waals surface area contributed by atoms with Crippen LogP contribution in [0.5, 0.6) is 5.75 Å². The highest BCUT2D eigenvalue weighted by Gasteiger charge is 2.05. The fraction of sp³-hybridized carbons (Fsp3) is 0.154. The van der Waals surface area contributed by atoms with Crippen molar-refractivity contribution in [1.82, 2.24) is 0 Å². The van der Waals surface area contributed by atoms with Crippen LogP contribution in [0.25, 0.3) is 0 Å². The van der Waals surface area contributed by atoms with Crippen LogP contribution in [0, 0.1) is 0 Å². The van der Waals surface area contributed by atoms with E-state index in [2.05, 4.69) is 26.6 Å². The number of urea groups is 1. The number of nitrogens with one attached hydrogen (secondary N) is 2. The van der Waals surface area contributed by atoms with E-state index in [4.69, 9.17) is 9.15 Å². The minimum absolute atomic E-state index is 0.369. The molecular weight excluding hydrogens is 312 g/mol. The number of carbonyl (C=O) groups is 1. The summed E-state index contributed by atoms with van der Waals surface area (Å²) < 4.78 is 11.0. The summed E-state index contributed by atoms with van der Waals surface area (Å²) in [5, 5.41) is 5.26. The SMILES string of the molecule is CCOc1ccc(NC(=O)Nc2ccc(Br)o2)cc1. The van der Waals surface area contributed by atoms with Gasteiger partial charge in [-0.05, 0) is 53.2 Å². The second-order valence-corrected chi connectivity index (χ2v) is 4.42. The average molecular weight is 325 g/mol. The molecule has 0 atom stereocenters. The quantitative estimate of drug-likeness (QED) is 0.890. The fourth-order valence-corrected chi connectivity index (χ4v) is 1.76. The van der Waals surface area contributed by atoms with Crippen molar-refractivity contribution in [3.05, 3.63) is 41.1 Å². The molecule has 6 heteroatoms. The van der Waals surface area contributed by atoms with Gasteiger partial charge < -0.3 is 14.5 Å². The number of carbonyl (C=O) groups excluding carboxylic acids is 1. The molecule has 0 fully saturated rings. The summed E-state index contributed by atoms with van der Waals surface area (Å²) in [6, 6.07) is 10.1. The van der Waals surface area contributed by atoms with Crippen molar-refractivity contribution in [2.45, 2.75) is 6.92 Å². The van der Waals surface area contributed by atoms with E-state index in [1.54, 1.807) is 36.4 Å². The Bertz CT molecular complexity index is 551. The van der Waals surface area contributed by atoms with Crippen LogP contribution in [0.1, 0.15) is 6.92 Å². The number of benzene rings is 1. The van der Waals surface area contributed by atoms with Crippen molar-refractivity contribution >= 4 is 33.5 Å². The molecule has 0 saturated heterocycles. The van der Waals surface area contributed by atoms with E-state index in [1.807, 2.05) is 6.92 Å². The van der Waals surface area contributed by atoms with Crippen molar-refractivity contribution in [2.24, 2.45) is 0 Å². The molecule has 0 spiro atoms. The molecule has 0 bridgehead atoms. The number of halogens is 1. The highest BCUT2D eigenvalue weighted by atomic mass is 79.9. The van der Waals surface area contributed by atoms with Gasteiger partial charge in [0.15, 0.2) is 4.67 Å². The Morgan fingerprint density at radius 3 is 2.53 bits per heavy atom. The van der Waals surface area contributed by atoms with Crippen molar-refractivity contribution in [2.75, 3.05) is 17.2 Å². The lowest BCUT2D eigenvalue weighted by Crippen LogP contribution is -2.18. The van der Waals surface area contributed by atoms with Crippen LogP contribution in [0.15, 0.2) is 45.5 Å². The van der Waals surface area contributed by atoms with E-state index in [0.29, 0.717) is 22.8 Å². The van der Waals surface area contributed by atoms with Gasteiger partial charge in [0.1, 0.15) is 5.75 Å². The predicted octanol–water partition coefficient (Wildman–Crippen LogP) is 4.08. The van der Waals surface area contributed by atoms with E-state index < -0.39 is 0 Å². The molecule has 1 aromatic carbocycles. The van der Waals surface area contributed by atoms with Crippen molar-refractivity contribution < 1.29 is 13.9 Å². The third-order valence-corrected chi connectivity index (χ3v) is 2.66. The topological polar surface area (TPSA) is 63.5 Å². The number of anilines is 2. The Labute approximate surface area is 119 Å². The van der Waals surface area contributed by atoms with Crippen LogP contribution in [0.3, 0.4) is 0 Å². The molecule has 0 saturated carbocycles. The van der Waals surface area contributed by atoms with Crippen LogP contribution in [0.2, 0.25) is 0 Å². The van der Waals surface area contributed by atoms with Crippen LogP contribution in [0.4, 0.5) is 16.4 Å². The summed E-state index contributed by atoms with van der Waals surface area (Å²) in [5.74, 6) is 1.14. The lowest BCUT2D eigenvalue weighted by Gasteiger charge is -2.07. The Balaban J connectivity index is 1.91. The van der Waals surface area contributed by atoms with E-state index in [1.165, 1.54) is 0 Å². The summed E-state index contributed by atoms with van der Waals surface area (Å²) in [6.45, 7) is 2.53. The highest BCUT2D eigenvalue weighted by Crippen LogP contribution is 2.19.